The SMILES string of the molecule is CSCCCN(c1ccc([N+](=O)[O-])cc1)S(=O)(=O)c1ccc(C(C)(C)C)cc1. The van der Waals surface area contributed by atoms with E-state index in [9.17, 15) is 18.5 Å². The molecular formula is C20H26N2O4S2. The largest absolute Gasteiger partial charge is 0.269 e. The lowest BCUT2D eigenvalue weighted by molar-refractivity contribution is -0.384. The van der Waals surface area contributed by atoms with E-state index in [4.69, 9.17) is 0 Å². The Kier molecular flexibility index (Phi) is 7.11. The van der Waals surface area contributed by atoms with Gasteiger partial charge in [-0.05, 0) is 53.7 Å². The molecule has 0 spiro atoms. The lowest BCUT2D eigenvalue weighted by Gasteiger charge is -2.25. The van der Waals surface area contributed by atoms with Crippen molar-refractivity contribution in [2.24, 2.45) is 0 Å². The highest BCUT2D eigenvalue weighted by molar-refractivity contribution is 7.98. The van der Waals surface area contributed by atoms with Gasteiger partial charge in [-0.15, -0.1) is 0 Å². The third-order valence-corrected chi connectivity index (χ3v) is 6.90. The van der Waals surface area contributed by atoms with Gasteiger partial charge in [-0.2, -0.15) is 11.8 Å². The summed E-state index contributed by atoms with van der Waals surface area (Å²) < 4.78 is 27.9. The Balaban J connectivity index is 2.41. The Labute approximate surface area is 171 Å². The van der Waals surface area contributed by atoms with E-state index in [1.807, 2.05) is 18.4 Å². The molecule has 0 saturated heterocycles. The topological polar surface area (TPSA) is 80.5 Å². The Morgan fingerprint density at radius 1 is 1.04 bits per heavy atom. The lowest BCUT2D eigenvalue weighted by Crippen LogP contribution is -2.32. The van der Waals surface area contributed by atoms with Crippen LogP contribution in [0.2, 0.25) is 0 Å². The molecule has 152 valence electrons. The van der Waals surface area contributed by atoms with Crippen molar-refractivity contribution in [2.45, 2.75) is 37.5 Å². The van der Waals surface area contributed by atoms with Gasteiger partial charge in [0.15, 0.2) is 0 Å². The number of thioether (sulfide) groups is 1. The first-order valence-electron chi connectivity index (χ1n) is 8.94. The molecule has 6 nitrogen and oxygen atoms in total. The molecule has 8 heteroatoms. The van der Waals surface area contributed by atoms with Crippen LogP contribution in [0.5, 0.6) is 0 Å². The van der Waals surface area contributed by atoms with E-state index in [1.54, 1.807) is 23.9 Å². The molecule has 2 aromatic rings. The summed E-state index contributed by atoms with van der Waals surface area (Å²) in [5.74, 6) is 0.821. The maximum Gasteiger partial charge on any atom is 0.269 e. The third kappa shape index (κ3) is 5.26. The van der Waals surface area contributed by atoms with Gasteiger partial charge in [0.05, 0.1) is 15.5 Å². The Morgan fingerprint density at radius 3 is 2.07 bits per heavy atom. The number of rotatable bonds is 8. The van der Waals surface area contributed by atoms with Crippen LogP contribution in [0, 0.1) is 10.1 Å². The van der Waals surface area contributed by atoms with E-state index < -0.39 is 14.9 Å². The molecule has 0 atom stereocenters. The molecule has 0 aliphatic heterocycles. The first-order valence-corrected chi connectivity index (χ1v) is 11.8. The zero-order valence-corrected chi connectivity index (χ0v) is 18.2. The number of sulfonamides is 1. The summed E-state index contributed by atoms with van der Waals surface area (Å²) in [6.45, 7) is 6.52. The lowest BCUT2D eigenvalue weighted by atomic mass is 9.87. The van der Waals surface area contributed by atoms with Crippen LogP contribution in [0.15, 0.2) is 53.4 Å². The van der Waals surface area contributed by atoms with Crippen molar-refractivity contribution in [3.63, 3.8) is 0 Å². The van der Waals surface area contributed by atoms with E-state index in [-0.39, 0.29) is 16.0 Å². The van der Waals surface area contributed by atoms with Crippen LogP contribution >= 0.6 is 11.8 Å². The minimum atomic E-state index is -3.78. The first kappa shape index (κ1) is 22.2. The quantitative estimate of drug-likeness (QED) is 0.345. The highest BCUT2D eigenvalue weighted by Gasteiger charge is 2.26. The molecule has 0 heterocycles. The fourth-order valence-electron chi connectivity index (χ4n) is 2.74. The summed E-state index contributed by atoms with van der Waals surface area (Å²) in [6, 6.07) is 12.6. The molecule has 0 N–H and O–H groups in total. The van der Waals surface area contributed by atoms with Gasteiger partial charge >= 0.3 is 0 Å². The monoisotopic (exact) mass is 422 g/mol. The summed E-state index contributed by atoms with van der Waals surface area (Å²) in [4.78, 5) is 10.6. The normalized spacial score (nSPS) is 12.0. The zero-order chi connectivity index (χ0) is 20.9. The van der Waals surface area contributed by atoms with Crippen LogP contribution in [-0.4, -0.2) is 31.9 Å². The first-order chi connectivity index (χ1) is 13.1. The molecule has 28 heavy (non-hydrogen) atoms. The molecule has 0 aromatic heterocycles. The number of anilines is 1. The minimum absolute atomic E-state index is 0.0697. The second kappa shape index (κ2) is 8.96. The smallest absolute Gasteiger partial charge is 0.266 e. The molecule has 0 amide bonds. The van der Waals surface area contributed by atoms with Crippen molar-refractivity contribution in [2.75, 3.05) is 22.9 Å². The van der Waals surface area contributed by atoms with Gasteiger partial charge in [-0.1, -0.05) is 32.9 Å². The Bertz CT molecular complexity index is 903. The average molecular weight is 423 g/mol. The zero-order valence-electron chi connectivity index (χ0n) is 16.6. The van der Waals surface area contributed by atoms with E-state index in [0.717, 1.165) is 11.3 Å². The van der Waals surface area contributed by atoms with Crippen LogP contribution in [0.4, 0.5) is 11.4 Å². The van der Waals surface area contributed by atoms with Crippen LogP contribution in [0.25, 0.3) is 0 Å². The second-order valence-corrected chi connectivity index (χ2v) is 10.3. The molecule has 0 aliphatic carbocycles. The molecule has 0 saturated carbocycles. The number of benzene rings is 2. The number of non-ortho nitro benzene ring substituents is 1. The predicted octanol–water partition coefficient (Wildman–Crippen LogP) is 4.84. The third-order valence-electron chi connectivity index (χ3n) is 4.37. The number of nitro benzene ring substituents is 1. The summed E-state index contributed by atoms with van der Waals surface area (Å²) in [7, 11) is -3.78. The van der Waals surface area contributed by atoms with Crippen LogP contribution in [0.3, 0.4) is 0 Å². The van der Waals surface area contributed by atoms with Crippen molar-refractivity contribution >= 4 is 33.2 Å². The van der Waals surface area contributed by atoms with E-state index in [0.29, 0.717) is 18.7 Å². The fraction of sp³-hybridized carbons (Fsp3) is 0.400. The van der Waals surface area contributed by atoms with Crippen LogP contribution < -0.4 is 4.31 Å². The van der Waals surface area contributed by atoms with Gasteiger partial charge in [0.2, 0.25) is 0 Å². The standard InChI is InChI=1S/C20H26N2O4S2/c1-20(2,3)16-6-12-19(13-7-16)28(25,26)21(14-5-15-27-4)17-8-10-18(11-9-17)22(23)24/h6-13H,5,14-15H2,1-4H3. The molecule has 2 aromatic carbocycles. The average Bonchev–Trinajstić information content (AvgIpc) is 2.64. The van der Waals surface area contributed by atoms with Crippen LogP contribution in [0.1, 0.15) is 32.8 Å². The summed E-state index contributed by atoms with van der Waals surface area (Å²) in [5.41, 5.74) is 1.33. The number of hydrogen-bond donors (Lipinski definition) is 0. The molecule has 0 aliphatic rings. The predicted molar refractivity (Wildman–Crippen MR) is 116 cm³/mol. The van der Waals surface area contributed by atoms with Crippen molar-refractivity contribution in [3.05, 3.63) is 64.2 Å². The maximum atomic E-state index is 13.3. The molecule has 2 rings (SSSR count). The molecular weight excluding hydrogens is 396 g/mol. The van der Waals surface area contributed by atoms with E-state index >= 15 is 0 Å². The van der Waals surface area contributed by atoms with Crippen LogP contribution in [-0.2, 0) is 15.4 Å². The number of nitro groups is 1. The van der Waals surface area contributed by atoms with Gasteiger partial charge < -0.3 is 0 Å². The van der Waals surface area contributed by atoms with E-state index in [2.05, 4.69) is 20.8 Å². The van der Waals surface area contributed by atoms with Gasteiger partial charge in [0.25, 0.3) is 15.7 Å². The van der Waals surface area contributed by atoms with E-state index in [1.165, 1.54) is 28.6 Å². The highest BCUT2D eigenvalue weighted by Crippen LogP contribution is 2.28. The fourth-order valence-corrected chi connectivity index (χ4v) is 4.66. The van der Waals surface area contributed by atoms with Crippen molar-refractivity contribution in [3.8, 4) is 0 Å². The summed E-state index contributed by atoms with van der Waals surface area (Å²) >= 11 is 1.65. The van der Waals surface area contributed by atoms with Crippen molar-refractivity contribution in [1.29, 1.82) is 0 Å². The Hall–Kier alpha value is -2.06. The van der Waals surface area contributed by atoms with Gasteiger partial charge in [0.1, 0.15) is 0 Å². The molecule has 0 unspecified atom stereocenters. The van der Waals surface area contributed by atoms with Gasteiger partial charge in [-0.3, -0.25) is 14.4 Å². The van der Waals surface area contributed by atoms with Gasteiger partial charge in [-0.25, -0.2) is 8.42 Å². The molecule has 0 fully saturated rings. The maximum absolute atomic E-state index is 13.3. The van der Waals surface area contributed by atoms with Crippen molar-refractivity contribution < 1.29 is 13.3 Å². The highest BCUT2D eigenvalue weighted by atomic mass is 32.2. The molecule has 0 bridgehead atoms. The number of hydrogen-bond acceptors (Lipinski definition) is 5. The molecule has 0 radical (unpaired) electrons. The van der Waals surface area contributed by atoms with Crippen molar-refractivity contribution in [1.82, 2.24) is 0 Å². The minimum Gasteiger partial charge on any atom is -0.266 e. The summed E-state index contributed by atoms with van der Waals surface area (Å²) in [6.07, 6.45) is 2.65. The van der Waals surface area contributed by atoms with Gasteiger partial charge in [0, 0.05) is 18.7 Å². The summed E-state index contributed by atoms with van der Waals surface area (Å²) in [5, 5.41) is 10.9. The number of nitrogens with zero attached hydrogens (tertiary/aromatic N) is 2. The second-order valence-electron chi connectivity index (χ2n) is 7.47. The Morgan fingerprint density at radius 2 is 1.61 bits per heavy atom.